The number of methoxy groups -OCH3 is 1. The zero-order chi connectivity index (χ0) is 17.2. The highest BCUT2D eigenvalue weighted by atomic mass is 16.5. The van der Waals surface area contributed by atoms with Crippen LogP contribution in [-0.2, 0) is 16.0 Å². The zero-order valence-corrected chi connectivity index (χ0v) is 15.0. The van der Waals surface area contributed by atoms with Crippen molar-refractivity contribution in [3.05, 3.63) is 23.3 Å². The molecule has 1 aromatic rings. The van der Waals surface area contributed by atoms with Crippen molar-refractivity contribution < 1.29 is 9.53 Å². The van der Waals surface area contributed by atoms with Gasteiger partial charge in [0.05, 0.1) is 24.9 Å². The lowest BCUT2D eigenvalue weighted by molar-refractivity contribution is -0.139. The number of esters is 1. The fourth-order valence-corrected chi connectivity index (χ4v) is 3.99. The van der Waals surface area contributed by atoms with E-state index in [0.717, 1.165) is 29.2 Å². The summed E-state index contributed by atoms with van der Waals surface area (Å²) in [7, 11) is 1.41. The molecule has 0 bridgehead atoms. The van der Waals surface area contributed by atoms with E-state index in [9.17, 15) is 4.79 Å². The van der Waals surface area contributed by atoms with Crippen LogP contribution in [0.5, 0.6) is 0 Å². The van der Waals surface area contributed by atoms with Crippen molar-refractivity contribution in [1.29, 1.82) is 0 Å². The second-order valence-corrected chi connectivity index (χ2v) is 7.87. The van der Waals surface area contributed by atoms with E-state index in [4.69, 9.17) is 10.5 Å². The molecule has 0 radical (unpaired) electrons. The molecule has 128 valence electrons. The van der Waals surface area contributed by atoms with Crippen molar-refractivity contribution in [3.63, 3.8) is 0 Å². The molecule has 4 heteroatoms. The van der Waals surface area contributed by atoms with Gasteiger partial charge in [0, 0.05) is 6.04 Å². The smallest absolute Gasteiger partial charge is 0.309 e. The first-order valence-corrected chi connectivity index (χ1v) is 8.42. The summed E-state index contributed by atoms with van der Waals surface area (Å²) in [5.74, 6) is 0.480. The first-order valence-electron chi connectivity index (χ1n) is 8.42. The van der Waals surface area contributed by atoms with E-state index in [0.29, 0.717) is 17.1 Å². The molecule has 1 fully saturated rings. The normalized spacial score (nSPS) is 23.3. The Bertz CT molecular complexity index is 581. The van der Waals surface area contributed by atoms with E-state index in [1.165, 1.54) is 20.0 Å². The van der Waals surface area contributed by atoms with Gasteiger partial charge in [0.1, 0.15) is 0 Å². The molecule has 0 aromatic heterocycles. The van der Waals surface area contributed by atoms with Gasteiger partial charge in [-0.1, -0.05) is 20.8 Å². The van der Waals surface area contributed by atoms with Crippen molar-refractivity contribution in [2.45, 2.75) is 59.4 Å². The second kappa shape index (κ2) is 6.81. The molecule has 1 aliphatic rings. The molecule has 2 atom stereocenters. The van der Waals surface area contributed by atoms with E-state index < -0.39 is 0 Å². The maximum Gasteiger partial charge on any atom is 0.309 e. The summed E-state index contributed by atoms with van der Waals surface area (Å²) in [5.41, 5.74) is 10.2. The number of nitrogen functional groups attached to an aromatic ring is 1. The fourth-order valence-electron chi connectivity index (χ4n) is 3.99. The maximum absolute atomic E-state index is 11.5. The molecule has 0 saturated heterocycles. The van der Waals surface area contributed by atoms with Gasteiger partial charge in [-0.05, 0) is 60.8 Å². The highest BCUT2D eigenvalue weighted by Crippen LogP contribution is 2.40. The lowest BCUT2D eigenvalue weighted by atomic mass is 9.70. The van der Waals surface area contributed by atoms with Crippen LogP contribution in [0.15, 0.2) is 12.1 Å². The minimum Gasteiger partial charge on any atom is -0.469 e. The molecule has 0 aliphatic heterocycles. The van der Waals surface area contributed by atoms with Gasteiger partial charge in [0.15, 0.2) is 0 Å². The lowest BCUT2D eigenvalue weighted by Gasteiger charge is -2.39. The molecular weight excluding hydrogens is 288 g/mol. The van der Waals surface area contributed by atoms with Gasteiger partial charge in [-0.15, -0.1) is 0 Å². The van der Waals surface area contributed by atoms with Crippen LogP contribution in [-0.4, -0.2) is 19.1 Å². The van der Waals surface area contributed by atoms with Crippen LogP contribution in [0.25, 0.3) is 0 Å². The van der Waals surface area contributed by atoms with Crippen LogP contribution in [0.4, 0.5) is 11.4 Å². The van der Waals surface area contributed by atoms with Gasteiger partial charge in [-0.2, -0.15) is 0 Å². The van der Waals surface area contributed by atoms with Crippen LogP contribution in [0, 0.1) is 18.3 Å². The Morgan fingerprint density at radius 3 is 2.70 bits per heavy atom. The summed E-state index contributed by atoms with van der Waals surface area (Å²) in [4.78, 5) is 11.5. The monoisotopic (exact) mass is 318 g/mol. The van der Waals surface area contributed by atoms with Crippen molar-refractivity contribution >= 4 is 17.3 Å². The lowest BCUT2D eigenvalue weighted by Crippen LogP contribution is -2.35. The Morgan fingerprint density at radius 1 is 1.39 bits per heavy atom. The first-order chi connectivity index (χ1) is 10.7. The molecule has 1 saturated carbocycles. The molecule has 3 N–H and O–H groups in total. The van der Waals surface area contributed by atoms with Gasteiger partial charge in [-0.25, -0.2) is 0 Å². The molecular formula is C19H30N2O2. The fraction of sp³-hybridized carbons (Fsp3) is 0.632. The average molecular weight is 318 g/mol. The molecule has 0 heterocycles. The summed E-state index contributed by atoms with van der Waals surface area (Å²) < 4.78 is 4.74. The number of rotatable bonds is 4. The minimum absolute atomic E-state index is 0.240. The van der Waals surface area contributed by atoms with Gasteiger partial charge in [-0.3, -0.25) is 4.79 Å². The molecule has 2 rings (SSSR count). The Kier molecular flexibility index (Phi) is 5.23. The number of aryl methyl sites for hydroxylation is 1. The highest BCUT2D eigenvalue weighted by molar-refractivity contribution is 5.76. The van der Waals surface area contributed by atoms with Gasteiger partial charge in [0.25, 0.3) is 0 Å². The van der Waals surface area contributed by atoms with Gasteiger partial charge in [0.2, 0.25) is 0 Å². The Balaban J connectivity index is 2.14. The predicted octanol–water partition coefficient (Wildman–Crippen LogP) is 3.92. The predicted molar refractivity (Wildman–Crippen MR) is 95.5 cm³/mol. The van der Waals surface area contributed by atoms with Crippen LogP contribution < -0.4 is 11.1 Å². The summed E-state index contributed by atoms with van der Waals surface area (Å²) in [6, 6.07) is 4.40. The van der Waals surface area contributed by atoms with Crippen molar-refractivity contribution in [3.8, 4) is 0 Å². The third-order valence-electron chi connectivity index (χ3n) is 4.82. The molecule has 1 aliphatic carbocycles. The number of anilines is 2. The minimum atomic E-state index is -0.240. The molecule has 23 heavy (non-hydrogen) atoms. The van der Waals surface area contributed by atoms with E-state index in [2.05, 4.69) is 32.2 Å². The SMILES string of the molecule is COC(=O)Cc1cc(N)c(N[C@@H]2C[C@H](C)CC(C)(C)C2)cc1C. The van der Waals surface area contributed by atoms with E-state index in [1.807, 2.05) is 13.0 Å². The van der Waals surface area contributed by atoms with Crippen molar-refractivity contribution in [2.24, 2.45) is 11.3 Å². The average Bonchev–Trinajstić information content (AvgIpc) is 2.41. The molecule has 4 nitrogen and oxygen atoms in total. The van der Waals surface area contributed by atoms with E-state index >= 15 is 0 Å². The summed E-state index contributed by atoms with van der Waals surface area (Å²) in [5, 5.41) is 3.63. The topological polar surface area (TPSA) is 64.3 Å². The zero-order valence-electron chi connectivity index (χ0n) is 15.0. The molecule has 0 unspecified atom stereocenters. The second-order valence-electron chi connectivity index (χ2n) is 7.87. The molecule has 1 aromatic carbocycles. The highest BCUT2D eigenvalue weighted by Gasteiger charge is 2.32. The quantitative estimate of drug-likeness (QED) is 0.652. The first kappa shape index (κ1) is 17.6. The number of ether oxygens (including phenoxy) is 1. The number of nitrogens with one attached hydrogen (secondary N) is 1. The number of hydrogen-bond acceptors (Lipinski definition) is 4. The summed E-state index contributed by atoms with van der Waals surface area (Å²) in [6.07, 6.45) is 3.86. The maximum atomic E-state index is 11.5. The molecule has 0 spiro atoms. The van der Waals surface area contributed by atoms with E-state index in [-0.39, 0.29) is 12.4 Å². The number of nitrogens with two attached hydrogens (primary N) is 1. The van der Waals surface area contributed by atoms with Crippen LogP contribution in [0.3, 0.4) is 0 Å². The third kappa shape index (κ3) is 4.63. The van der Waals surface area contributed by atoms with Crippen LogP contribution in [0.2, 0.25) is 0 Å². The Labute approximate surface area is 139 Å². The number of hydrogen-bond donors (Lipinski definition) is 2. The third-order valence-corrected chi connectivity index (χ3v) is 4.82. The number of carbonyl (C=O) groups excluding carboxylic acids is 1. The summed E-state index contributed by atoms with van der Waals surface area (Å²) >= 11 is 0. The molecule has 0 amide bonds. The van der Waals surface area contributed by atoms with Crippen LogP contribution >= 0.6 is 0 Å². The standard InChI is InChI=1S/C19H30N2O2/c1-12-6-15(11-19(3,4)10-12)21-17-7-13(2)14(8-16(17)20)9-18(22)23-5/h7-8,12,15,21H,6,9-11,20H2,1-5H3/t12-,15+/m0/s1. The van der Waals surface area contributed by atoms with Gasteiger partial charge >= 0.3 is 5.97 Å². The largest absolute Gasteiger partial charge is 0.469 e. The van der Waals surface area contributed by atoms with Crippen molar-refractivity contribution in [1.82, 2.24) is 0 Å². The van der Waals surface area contributed by atoms with Crippen molar-refractivity contribution in [2.75, 3.05) is 18.2 Å². The number of benzene rings is 1. The summed E-state index contributed by atoms with van der Waals surface area (Å²) in [6.45, 7) is 9.01. The van der Waals surface area contributed by atoms with E-state index in [1.54, 1.807) is 0 Å². The Morgan fingerprint density at radius 2 is 2.09 bits per heavy atom. The van der Waals surface area contributed by atoms with Crippen LogP contribution in [0.1, 0.15) is 51.2 Å². The Hall–Kier alpha value is -1.71. The number of carbonyl (C=O) groups is 1. The van der Waals surface area contributed by atoms with Gasteiger partial charge < -0.3 is 15.8 Å².